The normalized spacial score (nSPS) is 18.1. The molecule has 5 amide bonds. The van der Waals surface area contributed by atoms with Crippen molar-refractivity contribution in [2.24, 2.45) is 11.5 Å². The molecule has 0 radical (unpaired) electrons. The van der Waals surface area contributed by atoms with Crippen molar-refractivity contribution in [3.05, 3.63) is 0 Å². The van der Waals surface area contributed by atoms with E-state index in [-0.39, 0.29) is 6.42 Å². The molecule has 1 aliphatic heterocycles. The van der Waals surface area contributed by atoms with Crippen LogP contribution in [0.5, 0.6) is 0 Å². The number of hydrogen-bond donors (Lipinski definition) is 7. The molecule has 180 valence electrons. The van der Waals surface area contributed by atoms with Gasteiger partial charge in [0.2, 0.25) is 29.5 Å². The zero-order chi connectivity index (χ0) is 24.3. The van der Waals surface area contributed by atoms with Crippen LogP contribution in [0.25, 0.3) is 0 Å². The number of amides is 5. The second kappa shape index (κ2) is 13.5. The minimum absolute atomic E-state index is 0.119. The smallest absolute Gasteiger partial charge is 0.326 e. The molecule has 14 heteroatoms. The standard InChI is InChI=1S/C18H30N6O7S/c1-32-6-4-10(18(30)31)22-16(28)11(7-13(19)25)24-17(29)12(8-14(20)26)23-15(27)9-3-2-5-21-9/h9-12,21H,2-8H2,1H3,(H2,19,25)(H2,20,26)(H,22,28)(H,23,27)(H,24,29)(H,30,31). The van der Waals surface area contributed by atoms with E-state index in [0.717, 1.165) is 6.42 Å². The number of hydrogen-bond acceptors (Lipinski definition) is 8. The van der Waals surface area contributed by atoms with Crippen molar-refractivity contribution in [2.75, 3.05) is 18.6 Å². The second-order valence-electron chi connectivity index (χ2n) is 7.29. The van der Waals surface area contributed by atoms with Crippen LogP contribution in [0.15, 0.2) is 0 Å². The van der Waals surface area contributed by atoms with Crippen LogP contribution in [0.1, 0.15) is 32.1 Å². The number of nitrogens with one attached hydrogen (secondary N) is 4. The van der Waals surface area contributed by atoms with Gasteiger partial charge in [-0.1, -0.05) is 0 Å². The number of aliphatic carboxylic acids is 1. The summed E-state index contributed by atoms with van der Waals surface area (Å²) in [5, 5.41) is 19.2. The minimum Gasteiger partial charge on any atom is -0.480 e. The van der Waals surface area contributed by atoms with Crippen LogP contribution in [0, 0.1) is 0 Å². The number of carboxylic acids is 1. The molecule has 1 heterocycles. The summed E-state index contributed by atoms with van der Waals surface area (Å²) in [6.07, 6.45) is 2.05. The SMILES string of the molecule is CSCCC(NC(=O)C(CC(N)=O)NC(=O)C(CC(N)=O)NC(=O)C1CCCN1)C(=O)O. The van der Waals surface area contributed by atoms with E-state index in [0.29, 0.717) is 18.7 Å². The second-order valence-corrected chi connectivity index (χ2v) is 8.28. The van der Waals surface area contributed by atoms with Gasteiger partial charge in [0.1, 0.15) is 18.1 Å². The van der Waals surface area contributed by atoms with Crippen molar-refractivity contribution in [1.29, 1.82) is 0 Å². The third kappa shape index (κ3) is 9.51. The fraction of sp³-hybridized carbons (Fsp3) is 0.667. The first-order valence-electron chi connectivity index (χ1n) is 9.98. The molecule has 1 saturated heterocycles. The maximum Gasteiger partial charge on any atom is 0.326 e. The molecule has 1 rings (SSSR count). The molecule has 0 bridgehead atoms. The molecule has 0 spiro atoms. The van der Waals surface area contributed by atoms with Crippen molar-refractivity contribution in [3.63, 3.8) is 0 Å². The summed E-state index contributed by atoms with van der Waals surface area (Å²) in [6.45, 7) is 0.632. The van der Waals surface area contributed by atoms with E-state index >= 15 is 0 Å². The van der Waals surface area contributed by atoms with Gasteiger partial charge >= 0.3 is 5.97 Å². The lowest BCUT2D eigenvalue weighted by Gasteiger charge is -2.24. The van der Waals surface area contributed by atoms with Gasteiger partial charge in [-0.2, -0.15) is 11.8 Å². The quantitative estimate of drug-likeness (QED) is 0.134. The number of carbonyl (C=O) groups is 6. The largest absolute Gasteiger partial charge is 0.480 e. The molecule has 0 aromatic rings. The van der Waals surface area contributed by atoms with Crippen molar-refractivity contribution in [3.8, 4) is 0 Å². The third-order valence-corrected chi connectivity index (χ3v) is 5.32. The number of carboxylic acid groups (broad SMARTS) is 1. The highest BCUT2D eigenvalue weighted by Crippen LogP contribution is 2.07. The Labute approximate surface area is 189 Å². The van der Waals surface area contributed by atoms with Gasteiger partial charge in [0.05, 0.1) is 18.9 Å². The first kappa shape index (κ1) is 27.2. The third-order valence-electron chi connectivity index (χ3n) is 4.68. The Kier molecular flexibility index (Phi) is 11.5. The fourth-order valence-electron chi connectivity index (χ4n) is 3.04. The molecule has 1 aliphatic rings. The van der Waals surface area contributed by atoms with Crippen LogP contribution in [-0.4, -0.2) is 83.3 Å². The summed E-state index contributed by atoms with van der Waals surface area (Å²) in [5.74, 6) is -5.01. The molecular weight excluding hydrogens is 444 g/mol. The first-order valence-corrected chi connectivity index (χ1v) is 11.4. The van der Waals surface area contributed by atoms with Gasteiger partial charge in [-0.05, 0) is 37.8 Å². The minimum atomic E-state index is -1.51. The summed E-state index contributed by atoms with van der Waals surface area (Å²) >= 11 is 1.38. The summed E-state index contributed by atoms with van der Waals surface area (Å²) in [7, 11) is 0. The van der Waals surface area contributed by atoms with Crippen LogP contribution < -0.4 is 32.7 Å². The topological polar surface area (TPSA) is 223 Å². The van der Waals surface area contributed by atoms with E-state index in [1.165, 1.54) is 11.8 Å². The molecule has 4 unspecified atom stereocenters. The molecule has 0 aromatic carbocycles. The maximum atomic E-state index is 12.7. The first-order chi connectivity index (χ1) is 15.0. The van der Waals surface area contributed by atoms with Crippen molar-refractivity contribution in [2.45, 2.75) is 56.3 Å². The molecule has 4 atom stereocenters. The van der Waals surface area contributed by atoms with Crippen LogP contribution in [0.4, 0.5) is 0 Å². The van der Waals surface area contributed by atoms with Crippen LogP contribution in [0.3, 0.4) is 0 Å². The van der Waals surface area contributed by atoms with Gasteiger partial charge in [-0.25, -0.2) is 4.79 Å². The average Bonchev–Trinajstić information content (AvgIpc) is 3.23. The lowest BCUT2D eigenvalue weighted by Crippen LogP contribution is -2.58. The summed E-state index contributed by atoms with van der Waals surface area (Å²) in [5.41, 5.74) is 10.3. The van der Waals surface area contributed by atoms with Gasteiger partial charge < -0.3 is 37.8 Å². The van der Waals surface area contributed by atoms with Crippen molar-refractivity contribution >= 4 is 47.3 Å². The number of nitrogens with two attached hydrogens (primary N) is 2. The monoisotopic (exact) mass is 474 g/mol. The molecule has 9 N–H and O–H groups in total. The average molecular weight is 475 g/mol. The van der Waals surface area contributed by atoms with Gasteiger partial charge in [0.15, 0.2) is 0 Å². The van der Waals surface area contributed by atoms with Crippen LogP contribution in [-0.2, 0) is 28.8 Å². The lowest BCUT2D eigenvalue weighted by atomic mass is 10.1. The zero-order valence-electron chi connectivity index (χ0n) is 17.7. The van der Waals surface area contributed by atoms with Crippen molar-refractivity contribution < 1.29 is 33.9 Å². The molecule has 1 fully saturated rings. The van der Waals surface area contributed by atoms with E-state index in [9.17, 15) is 33.9 Å². The molecule has 0 aliphatic carbocycles. The van der Waals surface area contributed by atoms with Gasteiger partial charge in [0.25, 0.3) is 0 Å². The Morgan fingerprint density at radius 2 is 1.50 bits per heavy atom. The van der Waals surface area contributed by atoms with Gasteiger partial charge in [-0.3, -0.25) is 24.0 Å². The fourth-order valence-corrected chi connectivity index (χ4v) is 3.51. The Morgan fingerprint density at radius 3 is 1.94 bits per heavy atom. The number of carbonyl (C=O) groups excluding carboxylic acids is 5. The van der Waals surface area contributed by atoms with E-state index in [4.69, 9.17) is 11.5 Å². The number of thioether (sulfide) groups is 1. The molecule has 0 saturated carbocycles. The summed E-state index contributed by atoms with van der Waals surface area (Å²) in [4.78, 5) is 71.8. The van der Waals surface area contributed by atoms with E-state index in [1.54, 1.807) is 6.26 Å². The van der Waals surface area contributed by atoms with E-state index < -0.39 is 72.5 Å². The van der Waals surface area contributed by atoms with Gasteiger partial charge in [0, 0.05) is 0 Å². The maximum absolute atomic E-state index is 12.7. The van der Waals surface area contributed by atoms with Crippen LogP contribution >= 0.6 is 11.8 Å². The predicted molar refractivity (Wildman–Crippen MR) is 115 cm³/mol. The molecular formula is C18H30N6O7S. The Bertz CT molecular complexity index is 729. The molecule has 13 nitrogen and oxygen atoms in total. The highest BCUT2D eigenvalue weighted by atomic mass is 32.2. The van der Waals surface area contributed by atoms with Gasteiger partial charge in [-0.15, -0.1) is 0 Å². The van der Waals surface area contributed by atoms with E-state index in [2.05, 4.69) is 21.3 Å². The molecule has 0 aromatic heterocycles. The Hall–Kier alpha value is -2.87. The van der Waals surface area contributed by atoms with Crippen molar-refractivity contribution in [1.82, 2.24) is 21.3 Å². The Morgan fingerprint density at radius 1 is 0.969 bits per heavy atom. The molecule has 32 heavy (non-hydrogen) atoms. The summed E-state index contributed by atoms with van der Waals surface area (Å²) in [6, 6.07) is -4.67. The highest BCUT2D eigenvalue weighted by molar-refractivity contribution is 7.98. The number of primary amides is 2. The summed E-state index contributed by atoms with van der Waals surface area (Å²) < 4.78 is 0. The zero-order valence-corrected chi connectivity index (χ0v) is 18.5. The Balaban J connectivity index is 2.91. The highest BCUT2D eigenvalue weighted by Gasteiger charge is 2.32. The lowest BCUT2D eigenvalue weighted by molar-refractivity contribution is -0.142. The van der Waals surface area contributed by atoms with E-state index in [1.807, 2.05) is 0 Å². The predicted octanol–water partition coefficient (Wildman–Crippen LogP) is -3.22. The number of rotatable bonds is 14. The van der Waals surface area contributed by atoms with Crippen LogP contribution in [0.2, 0.25) is 0 Å².